The van der Waals surface area contributed by atoms with Gasteiger partial charge in [0.2, 0.25) is 0 Å². The molecule has 1 N–H and O–H groups in total. The molecule has 0 fully saturated rings. The van der Waals surface area contributed by atoms with E-state index in [0.717, 1.165) is 29.6 Å². The van der Waals surface area contributed by atoms with Crippen LogP contribution in [-0.4, -0.2) is 28.2 Å². The summed E-state index contributed by atoms with van der Waals surface area (Å²) in [5.74, 6) is 1.55. The summed E-state index contributed by atoms with van der Waals surface area (Å²) in [7, 11) is 0. The number of rotatable bonds is 7. The van der Waals surface area contributed by atoms with E-state index in [-0.39, 0.29) is 6.04 Å². The van der Waals surface area contributed by atoms with Gasteiger partial charge in [0.05, 0.1) is 12.6 Å². The van der Waals surface area contributed by atoms with Crippen LogP contribution >= 0.6 is 0 Å². The van der Waals surface area contributed by atoms with Crippen LogP contribution < -0.4 is 4.74 Å². The van der Waals surface area contributed by atoms with E-state index in [0.29, 0.717) is 12.4 Å². The van der Waals surface area contributed by atoms with Crippen molar-refractivity contribution in [2.45, 2.75) is 59.0 Å². The second kappa shape index (κ2) is 8.82. The molecule has 0 bridgehead atoms. The van der Waals surface area contributed by atoms with E-state index in [4.69, 9.17) is 9.15 Å². The van der Waals surface area contributed by atoms with Crippen LogP contribution in [0, 0.1) is 0 Å². The Morgan fingerprint density at radius 3 is 2.30 bits per heavy atom. The molecule has 0 saturated heterocycles. The molecule has 1 amide bonds. The molecule has 0 aliphatic heterocycles. The summed E-state index contributed by atoms with van der Waals surface area (Å²) < 4.78 is 11.6. The Balaban J connectivity index is 1.74. The van der Waals surface area contributed by atoms with Crippen LogP contribution in [-0.2, 0) is 12.8 Å². The molecule has 3 rings (SSSR count). The van der Waals surface area contributed by atoms with E-state index >= 15 is 0 Å². The van der Waals surface area contributed by atoms with Gasteiger partial charge in [-0.25, -0.2) is 4.79 Å². The second-order valence-corrected chi connectivity index (χ2v) is 8.60. The largest absolute Gasteiger partial charge is 0.494 e. The van der Waals surface area contributed by atoms with Gasteiger partial charge < -0.3 is 14.3 Å². The molecule has 3 aromatic rings. The number of amides is 1. The zero-order valence-corrected chi connectivity index (χ0v) is 18.4. The highest BCUT2D eigenvalue weighted by molar-refractivity contribution is 5.79. The van der Waals surface area contributed by atoms with Gasteiger partial charge in [-0.15, -0.1) is 0 Å². The molecule has 5 nitrogen and oxygen atoms in total. The van der Waals surface area contributed by atoms with Crippen LogP contribution in [0.15, 0.2) is 52.9 Å². The van der Waals surface area contributed by atoms with Gasteiger partial charge in [-0.05, 0) is 82.9 Å². The number of fused-ring (bicyclic) bond motifs is 1. The minimum atomic E-state index is -0.952. The van der Waals surface area contributed by atoms with Gasteiger partial charge in [-0.1, -0.05) is 24.3 Å². The topological polar surface area (TPSA) is 62.9 Å². The van der Waals surface area contributed by atoms with Gasteiger partial charge in [0.15, 0.2) is 0 Å². The number of carbonyl (C=O) groups is 1. The van der Waals surface area contributed by atoms with Crippen molar-refractivity contribution >= 4 is 17.1 Å². The van der Waals surface area contributed by atoms with E-state index in [1.54, 1.807) is 0 Å². The summed E-state index contributed by atoms with van der Waals surface area (Å²) in [6.45, 7) is 10.2. The summed E-state index contributed by atoms with van der Waals surface area (Å²) in [5, 5.41) is 10.6. The standard InChI is InChI=1S/C25H31NO4/c1-6-29-21-13-10-18(11-14-21)7-8-19-9-12-20-16-22(30-23(20)15-19)17(2)26(24(27)28)25(3,4)5/h9-17H,6-8H2,1-5H3,(H,27,28). The average Bonchev–Trinajstić information content (AvgIpc) is 3.10. The number of carboxylic acid groups (broad SMARTS) is 1. The molecule has 0 radical (unpaired) electrons. The number of ether oxygens (including phenoxy) is 1. The molecule has 0 spiro atoms. The van der Waals surface area contributed by atoms with E-state index in [1.165, 1.54) is 16.0 Å². The van der Waals surface area contributed by atoms with Crippen molar-refractivity contribution in [3.05, 3.63) is 65.4 Å². The van der Waals surface area contributed by atoms with Gasteiger partial charge in [0.25, 0.3) is 0 Å². The molecule has 2 aromatic carbocycles. The van der Waals surface area contributed by atoms with E-state index in [2.05, 4.69) is 24.3 Å². The lowest BCUT2D eigenvalue weighted by molar-refractivity contribution is 0.0689. The molecule has 1 heterocycles. The quantitative estimate of drug-likeness (QED) is 0.487. The lowest BCUT2D eigenvalue weighted by Gasteiger charge is -2.37. The maximum absolute atomic E-state index is 11.8. The minimum Gasteiger partial charge on any atom is -0.494 e. The monoisotopic (exact) mass is 409 g/mol. The summed E-state index contributed by atoms with van der Waals surface area (Å²) in [5.41, 5.74) is 2.72. The van der Waals surface area contributed by atoms with Crippen molar-refractivity contribution in [1.29, 1.82) is 0 Å². The van der Waals surface area contributed by atoms with Crippen molar-refractivity contribution in [3.63, 3.8) is 0 Å². The number of nitrogens with zero attached hydrogens (tertiary/aromatic N) is 1. The number of hydrogen-bond donors (Lipinski definition) is 1. The highest BCUT2D eigenvalue weighted by Crippen LogP contribution is 2.32. The fraction of sp³-hybridized carbons (Fsp3) is 0.400. The number of furan rings is 1. The van der Waals surface area contributed by atoms with E-state index in [1.807, 2.05) is 58.9 Å². The predicted octanol–water partition coefficient (Wildman–Crippen LogP) is 6.46. The van der Waals surface area contributed by atoms with Gasteiger partial charge in [-0.2, -0.15) is 0 Å². The molecule has 1 aromatic heterocycles. The third kappa shape index (κ3) is 4.96. The lowest BCUT2D eigenvalue weighted by Crippen LogP contribution is -2.46. The van der Waals surface area contributed by atoms with Crippen LogP contribution in [0.1, 0.15) is 57.5 Å². The summed E-state index contributed by atoms with van der Waals surface area (Å²) in [6.07, 6.45) is 0.878. The molecular formula is C25H31NO4. The first kappa shape index (κ1) is 21.8. The van der Waals surface area contributed by atoms with Gasteiger partial charge >= 0.3 is 6.09 Å². The number of benzene rings is 2. The zero-order chi connectivity index (χ0) is 21.9. The van der Waals surface area contributed by atoms with Crippen molar-refractivity contribution in [3.8, 4) is 5.75 Å². The van der Waals surface area contributed by atoms with Crippen LogP contribution in [0.4, 0.5) is 4.79 Å². The Bertz CT molecular complexity index is 998. The summed E-state index contributed by atoms with van der Waals surface area (Å²) in [6, 6.07) is 16.0. The van der Waals surface area contributed by atoms with Gasteiger partial charge in [0.1, 0.15) is 17.1 Å². The van der Waals surface area contributed by atoms with Gasteiger partial charge in [-0.3, -0.25) is 4.90 Å². The Kier molecular flexibility index (Phi) is 6.40. The summed E-state index contributed by atoms with van der Waals surface area (Å²) >= 11 is 0. The fourth-order valence-corrected chi connectivity index (χ4v) is 3.83. The highest BCUT2D eigenvalue weighted by atomic mass is 16.5. The predicted molar refractivity (Wildman–Crippen MR) is 119 cm³/mol. The maximum Gasteiger partial charge on any atom is 0.408 e. The lowest BCUT2D eigenvalue weighted by atomic mass is 10.0. The second-order valence-electron chi connectivity index (χ2n) is 8.60. The van der Waals surface area contributed by atoms with Crippen molar-refractivity contribution in [2.24, 2.45) is 0 Å². The maximum atomic E-state index is 11.8. The normalized spacial score (nSPS) is 12.7. The number of hydrogen-bond acceptors (Lipinski definition) is 3. The molecule has 160 valence electrons. The van der Waals surface area contributed by atoms with Crippen molar-refractivity contribution in [2.75, 3.05) is 6.61 Å². The highest BCUT2D eigenvalue weighted by Gasteiger charge is 2.33. The van der Waals surface area contributed by atoms with Crippen LogP contribution in [0.5, 0.6) is 5.75 Å². The Morgan fingerprint density at radius 1 is 1.07 bits per heavy atom. The average molecular weight is 410 g/mol. The first-order valence-corrected chi connectivity index (χ1v) is 10.5. The minimum absolute atomic E-state index is 0.373. The Hall–Kier alpha value is -2.95. The number of aryl methyl sites for hydroxylation is 2. The van der Waals surface area contributed by atoms with Crippen molar-refractivity contribution in [1.82, 2.24) is 4.90 Å². The molecular weight excluding hydrogens is 378 g/mol. The zero-order valence-electron chi connectivity index (χ0n) is 18.4. The summed E-state index contributed by atoms with van der Waals surface area (Å²) in [4.78, 5) is 13.2. The van der Waals surface area contributed by atoms with E-state index < -0.39 is 11.6 Å². The molecule has 1 unspecified atom stereocenters. The first-order valence-electron chi connectivity index (χ1n) is 10.5. The molecule has 0 aliphatic rings. The van der Waals surface area contributed by atoms with Crippen LogP contribution in [0.2, 0.25) is 0 Å². The SMILES string of the molecule is CCOc1ccc(CCc2ccc3cc(C(C)N(C(=O)O)C(C)(C)C)oc3c2)cc1. The van der Waals surface area contributed by atoms with Gasteiger partial charge in [0, 0.05) is 10.9 Å². The van der Waals surface area contributed by atoms with E-state index in [9.17, 15) is 9.90 Å². The smallest absolute Gasteiger partial charge is 0.408 e. The third-order valence-corrected chi connectivity index (χ3v) is 5.27. The Labute approximate surface area is 178 Å². The fourth-order valence-electron chi connectivity index (χ4n) is 3.83. The first-order chi connectivity index (χ1) is 14.2. The third-order valence-electron chi connectivity index (χ3n) is 5.27. The molecule has 0 saturated carbocycles. The van der Waals surface area contributed by atoms with Crippen LogP contribution in [0.25, 0.3) is 11.0 Å². The molecule has 5 heteroatoms. The Morgan fingerprint density at radius 2 is 1.70 bits per heavy atom. The molecule has 30 heavy (non-hydrogen) atoms. The van der Waals surface area contributed by atoms with Crippen molar-refractivity contribution < 1.29 is 19.1 Å². The van der Waals surface area contributed by atoms with Crippen LogP contribution in [0.3, 0.4) is 0 Å². The molecule has 0 aliphatic carbocycles. The molecule has 1 atom stereocenters.